The first-order valence-corrected chi connectivity index (χ1v) is 7.65. The van der Waals surface area contributed by atoms with Gasteiger partial charge >= 0.3 is 0 Å². The fraction of sp³-hybridized carbons (Fsp3) is 0.562. The molecule has 22 heavy (non-hydrogen) atoms. The van der Waals surface area contributed by atoms with Crippen LogP contribution in [0.1, 0.15) is 37.0 Å². The van der Waals surface area contributed by atoms with Crippen molar-refractivity contribution < 1.29 is 14.3 Å². The smallest absolute Gasteiger partial charge is 0.251 e. The van der Waals surface area contributed by atoms with E-state index in [1.807, 2.05) is 13.8 Å². The fourth-order valence-corrected chi connectivity index (χ4v) is 2.44. The molecule has 1 aliphatic heterocycles. The molecule has 2 N–H and O–H groups in total. The van der Waals surface area contributed by atoms with Crippen molar-refractivity contribution in [3.8, 4) is 11.5 Å². The molecule has 1 aromatic carbocycles. The zero-order valence-electron chi connectivity index (χ0n) is 13.2. The van der Waals surface area contributed by atoms with Gasteiger partial charge in [0.15, 0.2) is 11.5 Å². The monoisotopic (exact) mass is 328 g/mol. The molecule has 6 heteroatoms. The summed E-state index contributed by atoms with van der Waals surface area (Å²) in [6.07, 6.45) is 2.12. The number of ether oxygens (including phenoxy) is 2. The Kier molecular flexibility index (Phi) is 8.06. The molecule has 1 aliphatic rings. The molecular weight excluding hydrogens is 304 g/mol. The molecule has 0 bridgehead atoms. The first-order chi connectivity index (χ1) is 10.2. The maximum atomic E-state index is 12.3. The van der Waals surface area contributed by atoms with Crippen LogP contribution in [0.5, 0.6) is 11.5 Å². The molecule has 1 heterocycles. The minimum absolute atomic E-state index is 0. The molecule has 2 rings (SSSR count). The SMILES string of the molecule is CCOc1ccc(C(=O)NC2CCCNC2)cc1OCC.Cl. The van der Waals surface area contributed by atoms with E-state index in [4.69, 9.17) is 9.47 Å². The number of amides is 1. The number of carbonyl (C=O) groups excluding carboxylic acids is 1. The lowest BCUT2D eigenvalue weighted by Gasteiger charge is -2.24. The lowest BCUT2D eigenvalue weighted by molar-refractivity contribution is 0.0930. The van der Waals surface area contributed by atoms with E-state index in [1.165, 1.54) is 0 Å². The van der Waals surface area contributed by atoms with Crippen molar-refractivity contribution in [2.45, 2.75) is 32.7 Å². The topological polar surface area (TPSA) is 59.6 Å². The highest BCUT2D eigenvalue weighted by Gasteiger charge is 2.17. The molecule has 1 saturated heterocycles. The third-order valence-corrected chi connectivity index (χ3v) is 3.44. The molecule has 124 valence electrons. The second-order valence-corrected chi connectivity index (χ2v) is 5.04. The van der Waals surface area contributed by atoms with Gasteiger partial charge in [-0.15, -0.1) is 12.4 Å². The van der Waals surface area contributed by atoms with Gasteiger partial charge in [0, 0.05) is 18.2 Å². The number of piperidine rings is 1. The summed E-state index contributed by atoms with van der Waals surface area (Å²) in [7, 11) is 0. The molecule has 0 aromatic heterocycles. The minimum Gasteiger partial charge on any atom is -0.490 e. The molecule has 1 fully saturated rings. The van der Waals surface area contributed by atoms with Crippen molar-refractivity contribution in [2.75, 3.05) is 26.3 Å². The summed E-state index contributed by atoms with van der Waals surface area (Å²) in [5, 5.41) is 6.35. The van der Waals surface area contributed by atoms with Crippen LogP contribution in [0.3, 0.4) is 0 Å². The van der Waals surface area contributed by atoms with Gasteiger partial charge in [0.25, 0.3) is 5.91 Å². The van der Waals surface area contributed by atoms with Crippen LogP contribution in [0.25, 0.3) is 0 Å². The van der Waals surface area contributed by atoms with Crippen LogP contribution in [-0.2, 0) is 0 Å². The Hall–Kier alpha value is -1.46. The van der Waals surface area contributed by atoms with E-state index in [0.717, 1.165) is 25.9 Å². The van der Waals surface area contributed by atoms with Crippen LogP contribution >= 0.6 is 12.4 Å². The number of hydrogen-bond donors (Lipinski definition) is 2. The largest absolute Gasteiger partial charge is 0.490 e. The molecule has 1 unspecified atom stereocenters. The molecule has 1 atom stereocenters. The third kappa shape index (κ3) is 5.07. The van der Waals surface area contributed by atoms with Gasteiger partial charge in [0.05, 0.1) is 13.2 Å². The molecule has 0 spiro atoms. The highest BCUT2D eigenvalue weighted by molar-refractivity contribution is 5.95. The van der Waals surface area contributed by atoms with Gasteiger partial charge in [0.2, 0.25) is 0 Å². The third-order valence-electron chi connectivity index (χ3n) is 3.44. The molecule has 1 aromatic rings. The Morgan fingerprint density at radius 2 is 2.00 bits per heavy atom. The zero-order valence-corrected chi connectivity index (χ0v) is 14.0. The Labute approximate surface area is 138 Å². The van der Waals surface area contributed by atoms with Gasteiger partial charge in [-0.05, 0) is 51.4 Å². The molecule has 1 amide bonds. The number of halogens is 1. The van der Waals surface area contributed by atoms with E-state index >= 15 is 0 Å². The summed E-state index contributed by atoms with van der Waals surface area (Å²) < 4.78 is 11.1. The number of carbonyl (C=O) groups is 1. The van der Waals surface area contributed by atoms with Gasteiger partial charge in [0.1, 0.15) is 0 Å². The quantitative estimate of drug-likeness (QED) is 0.842. The van der Waals surface area contributed by atoms with Crippen molar-refractivity contribution in [2.24, 2.45) is 0 Å². The van der Waals surface area contributed by atoms with Crippen LogP contribution in [0, 0.1) is 0 Å². The van der Waals surface area contributed by atoms with Gasteiger partial charge in [-0.25, -0.2) is 0 Å². The van der Waals surface area contributed by atoms with Crippen molar-refractivity contribution in [3.63, 3.8) is 0 Å². The maximum Gasteiger partial charge on any atom is 0.251 e. The highest BCUT2D eigenvalue weighted by Crippen LogP contribution is 2.28. The lowest BCUT2D eigenvalue weighted by atomic mass is 10.1. The maximum absolute atomic E-state index is 12.3. The number of rotatable bonds is 6. The van der Waals surface area contributed by atoms with Crippen molar-refractivity contribution >= 4 is 18.3 Å². The van der Waals surface area contributed by atoms with E-state index in [1.54, 1.807) is 18.2 Å². The van der Waals surface area contributed by atoms with Crippen LogP contribution in [-0.4, -0.2) is 38.3 Å². The average molecular weight is 329 g/mol. The number of nitrogens with one attached hydrogen (secondary N) is 2. The van der Waals surface area contributed by atoms with Crippen molar-refractivity contribution in [3.05, 3.63) is 23.8 Å². The van der Waals surface area contributed by atoms with Crippen LogP contribution in [0.2, 0.25) is 0 Å². The standard InChI is InChI=1S/C16H24N2O3.ClH/c1-3-20-14-8-7-12(10-15(14)21-4-2)16(19)18-13-6-5-9-17-11-13;/h7-8,10,13,17H,3-6,9,11H2,1-2H3,(H,18,19);1H. The summed E-state index contributed by atoms with van der Waals surface area (Å²) in [6.45, 7) is 6.81. The van der Waals surface area contributed by atoms with Crippen LogP contribution in [0.4, 0.5) is 0 Å². The Morgan fingerprint density at radius 1 is 1.27 bits per heavy atom. The lowest BCUT2D eigenvalue weighted by Crippen LogP contribution is -2.45. The van der Waals surface area contributed by atoms with E-state index in [0.29, 0.717) is 30.3 Å². The van der Waals surface area contributed by atoms with Crippen LogP contribution < -0.4 is 20.1 Å². The normalized spacial score (nSPS) is 17.3. The fourth-order valence-electron chi connectivity index (χ4n) is 2.44. The summed E-state index contributed by atoms with van der Waals surface area (Å²) in [6, 6.07) is 5.52. The Bertz CT molecular complexity index is 476. The summed E-state index contributed by atoms with van der Waals surface area (Å²) in [4.78, 5) is 12.3. The number of hydrogen-bond acceptors (Lipinski definition) is 4. The summed E-state index contributed by atoms with van der Waals surface area (Å²) in [5.74, 6) is 1.23. The van der Waals surface area contributed by atoms with Gasteiger partial charge < -0.3 is 20.1 Å². The van der Waals surface area contributed by atoms with Crippen LogP contribution in [0.15, 0.2) is 18.2 Å². The second-order valence-electron chi connectivity index (χ2n) is 5.04. The van der Waals surface area contributed by atoms with E-state index in [2.05, 4.69) is 10.6 Å². The zero-order chi connectivity index (χ0) is 15.1. The first-order valence-electron chi connectivity index (χ1n) is 7.65. The Morgan fingerprint density at radius 3 is 2.64 bits per heavy atom. The predicted molar refractivity (Wildman–Crippen MR) is 89.4 cm³/mol. The number of benzene rings is 1. The Balaban J connectivity index is 0.00000242. The van der Waals surface area contributed by atoms with Gasteiger partial charge in [-0.2, -0.15) is 0 Å². The van der Waals surface area contributed by atoms with Gasteiger partial charge in [-0.1, -0.05) is 0 Å². The molecule has 0 saturated carbocycles. The molecule has 0 aliphatic carbocycles. The van der Waals surface area contributed by atoms with E-state index < -0.39 is 0 Å². The summed E-state index contributed by atoms with van der Waals surface area (Å²) >= 11 is 0. The first kappa shape index (κ1) is 18.6. The predicted octanol–water partition coefficient (Wildman–Crippen LogP) is 2.39. The van der Waals surface area contributed by atoms with E-state index in [9.17, 15) is 4.79 Å². The molecule has 0 radical (unpaired) electrons. The van der Waals surface area contributed by atoms with Crippen molar-refractivity contribution in [1.82, 2.24) is 10.6 Å². The average Bonchev–Trinajstić information content (AvgIpc) is 2.50. The highest BCUT2D eigenvalue weighted by atomic mass is 35.5. The van der Waals surface area contributed by atoms with Gasteiger partial charge in [-0.3, -0.25) is 4.79 Å². The molecule has 5 nitrogen and oxygen atoms in total. The minimum atomic E-state index is -0.0623. The summed E-state index contributed by atoms with van der Waals surface area (Å²) in [5.41, 5.74) is 0.604. The van der Waals surface area contributed by atoms with Crippen molar-refractivity contribution in [1.29, 1.82) is 0 Å². The molecular formula is C16H25ClN2O3. The van der Waals surface area contributed by atoms with E-state index in [-0.39, 0.29) is 24.4 Å². The second kappa shape index (κ2) is 9.54.